The number of aromatic amines is 1. The van der Waals surface area contributed by atoms with Crippen molar-refractivity contribution in [3.05, 3.63) is 59.9 Å². The van der Waals surface area contributed by atoms with Crippen molar-refractivity contribution in [1.82, 2.24) is 14.9 Å². The number of nitrogens with two attached hydrogens (primary N) is 1. The summed E-state index contributed by atoms with van der Waals surface area (Å²) in [6.45, 7) is 3.73. The molecule has 25 heavy (non-hydrogen) atoms. The lowest BCUT2D eigenvalue weighted by Gasteiger charge is -2.33. The molecular weight excluding hydrogens is 312 g/mol. The highest BCUT2D eigenvalue weighted by Crippen LogP contribution is 2.18. The van der Waals surface area contributed by atoms with Gasteiger partial charge >= 0.3 is 0 Å². The number of hydrogen-bond acceptors (Lipinski definition) is 4. The first-order valence-electron chi connectivity index (χ1n) is 8.87. The molecule has 1 aliphatic rings. The number of benzene rings is 1. The van der Waals surface area contributed by atoms with Crippen LogP contribution in [0.25, 0.3) is 10.9 Å². The van der Waals surface area contributed by atoms with E-state index in [9.17, 15) is 0 Å². The van der Waals surface area contributed by atoms with Crippen molar-refractivity contribution >= 4 is 16.7 Å². The van der Waals surface area contributed by atoms with E-state index in [0.29, 0.717) is 5.82 Å². The van der Waals surface area contributed by atoms with E-state index in [1.807, 2.05) is 18.3 Å². The van der Waals surface area contributed by atoms with Gasteiger partial charge in [-0.25, -0.2) is 4.98 Å². The number of H-pyrrole nitrogens is 1. The Balaban J connectivity index is 1.34. The van der Waals surface area contributed by atoms with Crippen LogP contribution in [0, 0.1) is 0 Å². The third kappa shape index (κ3) is 4.00. The molecule has 1 fully saturated rings. The normalized spacial score (nSPS) is 18.6. The van der Waals surface area contributed by atoms with E-state index in [1.54, 1.807) is 6.20 Å². The molecule has 3 heterocycles. The van der Waals surface area contributed by atoms with Crippen LogP contribution in [0.5, 0.6) is 0 Å². The molecule has 0 spiro atoms. The van der Waals surface area contributed by atoms with Crippen molar-refractivity contribution < 1.29 is 4.74 Å². The Morgan fingerprint density at radius 1 is 1.20 bits per heavy atom. The van der Waals surface area contributed by atoms with Gasteiger partial charge in [0.1, 0.15) is 5.82 Å². The second kappa shape index (κ2) is 7.25. The van der Waals surface area contributed by atoms with E-state index in [2.05, 4.69) is 39.1 Å². The lowest BCUT2D eigenvalue weighted by Crippen LogP contribution is -2.42. The number of fused-ring (bicyclic) bond motifs is 1. The van der Waals surface area contributed by atoms with Crippen molar-refractivity contribution in [3.8, 4) is 0 Å². The van der Waals surface area contributed by atoms with Crippen LogP contribution in [0.2, 0.25) is 0 Å². The highest BCUT2D eigenvalue weighted by atomic mass is 16.5. The van der Waals surface area contributed by atoms with Gasteiger partial charge in [0, 0.05) is 37.5 Å². The minimum Gasteiger partial charge on any atom is -0.384 e. The molecule has 0 saturated carbocycles. The van der Waals surface area contributed by atoms with Gasteiger partial charge in [0.15, 0.2) is 0 Å². The number of aryl methyl sites for hydroxylation is 1. The second-order valence-corrected chi connectivity index (χ2v) is 6.75. The Bertz CT molecular complexity index is 844. The van der Waals surface area contributed by atoms with Crippen LogP contribution in [0.3, 0.4) is 0 Å². The lowest BCUT2D eigenvalue weighted by molar-refractivity contribution is -0.0345. The van der Waals surface area contributed by atoms with Crippen LogP contribution in [0.1, 0.15) is 17.5 Å². The SMILES string of the molecule is Nc1cc(CC[C@@H]2CN(Cc3ccc4cc[nH]c4c3)CCO2)ccn1. The summed E-state index contributed by atoms with van der Waals surface area (Å²) in [5, 5.41) is 1.26. The molecule has 2 aromatic heterocycles. The maximum absolute atomic E-state index is 5.96. The Morgan fingerprint density at radius 3 is 3.08 bits per heavy atom. The number of pyridine rings is 1. The van der Waals surface area contributed by atoms with Crippen LogP contribution in [0.15, 0.2) is 48.8 Å². The maximum Gasteiger partial charge on any atom is 0.123 e. The summed E-state index contributed by atoms with van der Waals surface area (Å²) < 4.78 is 5.96. The molecule has 0 aliphatic carbocycles. The van der Waals surface area contributed by atoms with Gasteiger partial charge in [0.2, 0.25) is 0 Å². The molecule has 3 aromatic rings. The molecule has 1 aromatic carbocycles. The van der Waals surface area contributed by atoms with E-state index < -0.39 is 0 Å². The van der Waals surface area contributed by atoms with Gasteiger partial charge in [-0.2, -0.15) is 0 Å². The third-order valence-electron chi connectivity index (χ3n) is 4.85. The Morgan fingerprint density at radius 2 is 2.16 bits per heavy atom. The van der Waals surface area contributed by atoms with E-state index in [1.165, 1.54) is 22.0 Å². The van der Waals surface area contributed by atoms with E-state index >= 15 is 0 Å². The first-order valence-corrected chi connectivity index (χ1v) is 8.87. The molecule has 0 unspecified atom stereocenters. The monoisotopic (exact) mass is 336 g/mol. The minimum atomic E-state index is 0.275. The maximum atomic E-state index is 5.96. The number of ether oxygens (including phenoxy) is 1. The number of nitrogens with zero attached hydrogens (tertiary/aromatic N) is 2. The average Bonchev–Trinajstić information content (AvgIpc) is 3.08. The average molecular weight is 336 g/mol. The van der Waals surface area contributed by atoms with Crippen LogP contribution in [0.4, 0.5) is 5.82 Å². The molecule has 4 rings (SSSR count). The molecule has 1 atom stereocenters. The quantitative estimate of drug-likeness (QED) is 0.752. The smallest absolute Gasteiger partial charge is 0.123 e. The summed E-state index contributed by atoms with van der Waals surface area (Å²) in [4.78, 5) is 9.82. The molecule has 5 heteroatoms. The molecule has 5 nitrogen and oxygen atoms in total. The van der Waals surface area contributed by atoms with E-state index in [-0.39, 0.29) is 6.10 Å². The van der Waals surface area contributed by atoms with Gasteiger partial charge in [-0.3, -0.25) is 4.90 Å². The number of nitrogen functional groups attached to an aromatic ring is 1. The minimum absolute atomic E-state index is 0.275. The number of anilines is 1. The van der Waals surface area contributed by atoms with Crippen LogP contribution in [-0.2, 0) is 17.7 Å². The summed E-state index contributed by atoms with van der Waals surface area (Å²) in [6.07, 6.45) is 6.02. The van der Waals surface area contributed by atoms with Crippen LogP contribution < -0.4 is 5.73 Å². The fourth-order valence-corrected chi connectivity index (χ4v) is 3.53. The fraction of sp³-hybridized carbons (Fsp3) is 0.350. The Labute approximate surface area is 147 Å². The predicted molar refractivity (Wildman–Crippen MR) is 100 cm³/mol. The number of rotatable bonds is 5. The number of hydrogen-bond donors (Lipinski definition) is 2. The zero-order valence-electron chi connectivity index (χ0n) is 14.3. The van der Waals surface area contributed by atoms with Crippen molar-refractivity contribution in [2.75, 3.05) is 25.4 Å². The molecule has 0 radical (unpaired) electrons. The first-order chi connectivity index (χ1) is 12.3. The van der Waals surface area contributed by atoms with E-state index in [4.69, 9.17) is 10.5 Å². The first kappa shape index (κ1) is 16.1. The highest BCUT2D eigenvalue weighted by Gasteiger charge is 2.20. The fourth-order valence-electron chi connectivity index (χ4n) is 3.53. The molecule has 1 aliphatic heterocycles. The van der Waals surface area contributed by atoms with Crippen molar-refractivity contribution in [3.63, 3.8) is 0 Å². The third-order valence-corrected chi connectivity index (χ3v) is 4.85. The van der Waals surface area contributed by atoms with Gasteiger partial charge in [0.25, 0.3) is 0 Å². The second-order valence-electron chi connectivity index (χ2n) is 6.75. The van der Waals surface area contributed by atoms with Crippen molar-refractivity contribution in [2.24, 2.45) is 0 Å². The highest BCUT2D eigenvalue weighted by molar-refractivity contribution is 5.79. The molecular formula is C20H24N4O. The van der Waals surface area contributed by atoms with Crippen LogP contribution in [-0.4, -0.2) is 40.7 Å². The molecule has 0 amide bonds. The zero-order valence-corrected chi connectivity index (χ0v) is 14.3. The Hall–Kier alpha value is -2.37. The summed E-state index contributed by atoms with van der Waals surface area (Å²) in [5.74, 6) is 0.586. The molecule has 130 valence electrons. The molecule has 3 N–H and O–H groups in total. The summed E-state index contributed by atoms with van der Waals surface area (Å²) in [7, 11) is 0. The largest absolute Gasteiger partial charge is 0.384 e. The van der Waals surface area contributed by atoms with Gasteiger partial charge in [-0.15, -0.1) is 0 Å². The number of aromatic nitrogens is 2. The van der Waals surface area contributed by atoms with Crippen molar-refractivity contribution in [1.29, 1.82) is 0 Å². The lowest BCUT2D eigenvalue weighted by atomic mass is 10.1. The predicted octanol–water partition coefficient (Wildman–Crippen LogP) is 2.98. The zero-order chi connectivity index (χ0) is 17.1. The molecule has 1 saturated heterocycles. The number of morpholine rings is 1. The number of nitrogens with one attached hydrogen (secondary N) is 1. The van der Waals surface area contributed by atoms with Crippen LogP contribution >= 0.6 is 0 Å². The summed E-state index contributed by atoms with van der Waals surface area (Å²) in [6, 6.07) is 12.7. The Kier molecular flexibility index (Phi) is 4.68. The molecule has 0 bridgehead atoms. The summed E-state index contributed by atoms with van der Waals surface area (Å²) >= 11 is 0. The summed E-state index contributed by atoms with van der Waals surface area (Å²) in [5.41, 5.74) is 9.53. The van der Waals surface area contributed by atoms with E-state index in [0.717, 1.165) is 39.1 Å². The topological polar surface area (TPSA) is 67.2 Å². The van der Waals surface area contributed by atoms with Gasteiger partial charge in [0.05, 0.1) is 12.7 Å². The van der Waals surface area contributed by atoms with Gasteiger partial charge in [-0.05, 0) is 53.6 Å². The van der Waals surface area contributed by atoms with Crippen molar-refractivity contribution in [2.45, 2.75) is 25.5 Å². The van der Waals surface area contributed by atoms with Gasteiger partial charge in [-0.1, -0.05) is 12.1 Å². The van der Waals surface area contributed by atoms with Gasteiger partial charge < -0.3 is 15.5 Å². The standard InChI is InChI=1S/C20H24N4O/c21-20-12-15(5-7-23-20)2-4-18-14-24(9-10-25-18)13-16-1-3-17-6-8-22-19(17)11-16/h1,3,5-8,11-12,18,22H,2,4,9-10,13-14H2,(H2,21,23)/t18-/m1/s1.